The van der Waals surface area contributed by atoms with E-state index in [2.05, 4.69) is 9.46 Å². The van der Waals surface area contributed by atoms with Gasteiger partial charge in [0.15, 0.2) is 0 Å². The number of sulfonamides is 1. The molecule has 4 aliphatic rings. The van der Waals surface area contributed by atoms with Crippen LogP contribution in [0.2, 0.25) is 0 Å². The molecule has 3 aliphatic carbocycles. The van der Waals surface area contributed by atoms with Gasteiger partial charge in [-0.15, -0.1) is 13.2 Å². The number of carbonyl (C=O) groups excluding carboxylic acids is 1. The second kappa shape index (κ2) is 12.8. The number of alkyl halides is 3. The quantitative estimate of drug-likeness (QED) is 0.172. The summed E-state index contributed by atoms with van der Waals surface area (Å²) >= 11 is -1.03. The number of ether oxygens (including phenoxy) is 3. The topological polar surface area (TPSA) is 100 Å². The molecule has 3 aromatic carbocycles. The summed E-state index contributed by atoms with van der Waals surface area (Å²) in [7, 11) is -2.64. The summed E-state index contributed by atoms with van der Waals surface area (Å²) < 4.78 is 92.8. The number of benzene rings is 3. The zero-order chi connectivity index (χ0) is 32.9. The Morgan fingerprint density at radius 2 is 1.64 bits per heavy atom. The lowest BCUT2D eigenvalue weighted by molar-refractivity contribution is -0.274. The molecule has 0 radical (unpaired) electrons. The molecule has 3 aromatic rings. The maximum atomic E-state index is 13.8. The minimum atomic E-state index is -4.81. The predicted molar refractivity (Wildman–Crippen MR) is 177 cm³/mol. The molecule has 1 aliphatic heterocycles. The van der Waals surface area contributed by atoms with Gasteiger partial charge in [-0.05, 0) is 73.9 Å². The molecule has 1 N–H and O–H groups in total. The molecule has 2 bridgehead atoms. The number of fused-ring (bicyclic) bond motifs is 3. The van der Waals surface area contributed by atoms with Crippen molar-refractivity contribution in [1.29, 1.82) is 0 Å². The van der Waals surface area contributed by atoms with Crippen molar-refractivity contribution < 1.29 is 43.7 Å². The average Bonchev–Trinajstić information content (AvgIpc) is 3.76. The molecule has 47 heavy (non-hydrogen) atoms. The lowest BCUT2D eigenvalue weighted by Crippen LogP contribution is -2.46. The molecule has 3 saturated carbocycles. The van der Waals surface area contributed by atoms with Gasteiger partial charge in [-0.3, -0.25) is 0 Å². The molecule has 7 rings (SSSR count). The van der Waals surface area contributed by atoms with Crippen LogP contribution in [0.4, 0.5) is 13.2 Å². The summed E-state index contributed by atoms with van der Waals surface area (Å²) in [4.78, 5) is 12.4. The summed E-state index contributed by atoms with van der Waals surface area (Å²) in [5, 5.41) is 0.951. The van der Waals surface area contributed by atoms with Gasteiger partial charge < -0.3 is 17.3 Å². The minimum Gasteiger partial charge on any atom is -0.465 e. The average molecular weight is 784 g/mol. The normalized spacial score (nSPS) is 24.5. The lowest BCUT2D eigenvalue weighted by Gasteiger charge is -2.35. The van der Waals surface area contributed by atoms with Crippen LogP contribution in [0.5, 0.6) is 5.75 Å². The summed E-state index contributed by atoms with van der Waals surface area (Å²) in [5.41, 5.74) is 1.51. The van der Waals surface area contributed by atoms with E-state index in [4.69, 9.17) is 12.5 Å². The fraction of sp³-hybridized carbons (Fsp3) is 0.412. The molecular formula is C34H33F3INO7S. The van der Waals surface area contributed by atoms with E-state index < -0.39 is 43.5 Å². The van der Waals surface area contributed by atoms with Crippen LogP contribution < -0.4 is 9.46 Å². The van der Waals surface area contributed by atoms with Gasteiger partial charge in [-0.2, -0.15) is 0 Å². The maximum Gasteiger partial charge on any atom is 0.573 e. The van der Waals surface area contributed by atoms with Gasteiger partial charge in [0.25, 0.3) is 0 Å². The van der Waals surface area contributed by atoms with Crippen LogP contribution in [0.15, 0.2) is 76.9 Å². The van der Waals surface area contributed by atoms with Crippen molar-refractivity contribution >= 4 is 51.4 Å². The van der Waals surface area contributed by atoms with Crippen LogP contribution in [0.25, 0.3) is 10.8 Å². The van der Waals surface area contributed by atoms with Crippen molar-refractivity contribution in [2.24, 2.45) is 17.8 Å². The number of para-hydroxylation sites is 1. The van der Waals surface area contributed by atoms with E-state index in [0.29, 0.717) is 34.7 Å². The van der Waals surface area contributed by atoms with Crippen LogP contribution in [0.3, 0.4) is 0 Å². The Balaban J connectivity index is 1.06. The molecule has 1 heterocycles. The van der Waals surface area contributed by atoms with E-state index >= 15 is 0 Å². The summed E-state index contributed by atoms with van der Waals surface area (Å²) in [6.45, 7) is 0.222. The highest BCUT2D eigenvalue weighted by Gasteiger charge is 2.46. The Labute approximate surface area is 280 Å². The maximum absolute atomic E-state index is 13.8. The Morgan fingerprint density at radius 3 is 2.32 bits per heavy atom. The van der Waals surface area contributed by atoms with Crippen molar-refractivity contribution in [1.82, 2.24) is 4.72 Å². The smallest absolute Gasteiger partial charge is 0.465 e. The summed E-state index contributed by atoms with van der Waals surface area (Å²) in [6, 6.07) is 15.7. The first-order valence-corrected chi connectivity index (χ1v) is 19.0. The standard InChI is InChI=1S/C34H33F3INO7S/c1-43-33(40)25-14-15-29(24-7-3-2-6-23(24)25)47(41,42)39-31-20-12-13-21(31)17-22(16-20)44-18-27-30(38-46-32(27)19-10-11-19)26-8-4-5-9-28(26)45-34(35,36)37/h2-9,14-15,19-22,31,39H,10-13,16-18H2,1H3. The zero-order valence-electron chi connectivity index (χ0n) is 25.4. The predicted octanol–water partition coefficient (Wildman–Crippen LogP) is 7.18. The highest BCUT2D eigenvalue weighted by atomic mass is 127. The first kappa shape index (κ1) is 32.5. The van der Waals surface area contributed by atoms with Crippen molar-refractivity contribution in [2.45, 2.75) is 61.9 Å². The third-order valence-corrected chi connectivity index (χ3v) is 13.3. The fourth-order valence-corrected chi connectivity index (χ4v) is 11.2. The number of hydrogen-bond donors (Lipinski definition) is 1. The molecule has 0 spiro atoms. The number of hydrogen-bond acceptors (Lipinski definition) is 7. The fourth-order valence-electron chi connectivity index (χ4n) is 7.18. The molecule has 0 aromatic heterocycles. The highest BCUT2D eigenvalue weighted by Crippen LogP contribution is 2.48. The van der Waals surface area contributed by atoms with Gasteiger partial charge >= 0.3 is 12.3 Å². The third kappa shape index (κ3) is 6.68. The molecule has 2 unspecified atom stereocenters. The first-order chi connectivity index (χ1) is 22.5. The highest BCUT2D eigenvalue weighted by molar-refractivity contribution is 14.2. The van der Waals surface area contributed by atoms with E-state index in [-0.39, 0.29) is 47.2 Å². The molecule has 13 heteroatoms. The van der Waals surface area contributed by atoms with E-state index in [9.17, 15) is 26.4 Å². The third-order valence-electron chi connectivity index (χ3n) is 9.45. The molecule has 250 valence electrons. The molecule has 8 nitrogen and oxygen atoms in total. The summed E-state index contributed by atoms with van der Waals surface area (Å²) in [6.07, 6.45) is 0.0800. The minimum absolute atomic E-state index is 0.0719. The number of allylic oxidation sites excluding steroid dienone is 1. The Kier molecular flexibility index (Phi) is 8.85. The largest absolute Gasteiger partial charge is 0.573 e. The molecule has 3 fully saturated rings. The Hall–Kier alpha value is -3.01. The van der Waals surface area contributed by atoms with Gasteiger partial charge in [-0.1, -0.05) is 42.5 Å². The van der Waals surface area contributed by atoms with Crippen LogP contribution >= 0.6 is 21.1 Å². The zero-order valence-corrected chi connectivity index (χ0v) is 28.4. The van der Waals surface area contributed by atoms with Crippen LogP contribution in [-0.4, -0.2) is 50.1 Å². The van der Waals surface area contributed by atoms with E-state index in [1.165, 1.54) is 31.4 Å². The van der Waals surface area contributed by atoms with Crippen molar-refractivity contribution in [3.63, 3.8) is 0 Å². The second-order valence-corrected chi connectivity index (χ2v) is 16.1. The van der Waals surface area contributed by atoms with E-state index in [1.807, 2.05) is 0 Å². The van der Waals surface area contributed by atoms with Crippen LogP contribution in [-0.2, 0) is 22.6 Å². The number of methoxy groups -OCH3 is 1. The molecule has 0 saturated heterocycles. The second-order valence-electron chi connectivity index (χ2n) is 12.4. The van der Waals surface area contributed by atoms with Gasteiger partial charge in [0.05, 0.1) is 33.8 Å². The molecule has 2 atom stereocenters. The number of carbonyl (C=O) groups is 1. The van der Waals surface area contributed by atoms with Gasteiger partial charge in [0, 0.05) is 28.5 Å². The van der Waals surface area contributed by atoms with Crippen molar-refractivity contribution in [2.75, 3.05) is 13.7 Å². The van der Waals surface area contributed by atoms with Crippen molar-refractivity contribution in [3.8, 4) is 5.75 Å². The van der Waals surface area contributed by atoms with Crippen molar-refractivity contribution in [3.05, 3.63) is 83.1 Å². The van der Waals surface area contributed by atoms with Gasteiger partial charge in [0.1, 0.15) is 32.7 Å². The number of nitrogens with one attached hydrogen (secondary N) is 1. The number of esters is 1. The van der Waals surface area contributed by atoms with Gasteiger partial charge in [-0.25, -0.2) is 17.9 Å². The SMILES string of the molecule is COC(=O)c1ccc(S(=O)(=O)NC2C3CCC2CC(OCC2=C(C4CC4)OI=C2c2ccccc2OC(F)(F)F)C3)c2ccccc12. The Morgan fingerprint density at radius 1 is 0.957 bits per heavy atom. The van der Waals surface area contributed by atoms with Crippen LogP contribution in [0, 0.1) is 17.8 Å². The van der Waals surface area contributed by atoms with E-state index in [1.54, 1.807) is 36.4 Å². The van der Waals surface area contributed by atoms with Crippen LogP contribution in [0.1, 0.15) is 54.4 Å². The summed E-state index contributed by atoms with van der Waals surface area (Å²) in [5.74, 6) is 0.464. The number of halogens is 4. The van der Waals surface area contributed by atoms with E-state index in [0.717, 1.165) is 40.5 Å². The lowest BCUT2D eigenvalue weighted by atomic mass is 9.83. The first-order valence-electron chi connectivity index (χ1n) is 15.5. The monoisotopic (exact) mass is 783 g/mol. The Bertz CT molecular complexity index is 1880. The van der Waals surface area contributed by atoms with Gasteiger partial charge in [0.2, 0.25) is 10.0 Å². The molecule has 0 amide bonds. The molecular weight excluding hydrogens is 750 g/mol. The number of rotatable bonds is 10.